The zero-order valence-electron chi connectivity index (χ0n) is 9.16. The van der Waals surface area contributed by atoms with Crippen molar-refractivity contribution in [3.8, 4) is 0 Å². The summed E-state index contributed by atoms with van der Waals surface area (Å²) in [5.41, 5.74) is 0. The third-order valence-corrected chi connectivity index (χ3v) is 1.60. The number of rotatable bonds is 7. The van der Waals surface area contributed by atoms with Gasteiger partial charge in [-0.2, -0.15) is 9.59 Å². The van der Waals surface area contributed by atoms with Gasteiger partial charge in [-0.3, -0.25) is 4.79 Å². The first-order valence-corrected chi connectivity index (χ1v) is 4.98. The summed E-state index contributed by atoms with van der Waals surface area (Å²) in [7, 11) is 0. The SMILES string of the molecule is C=CCOC(=O)CCCCCC.O=C=O. The van der Waals surface area contributed by atoms with Gasteiger partial charge in [0.05, 0.1) is 0 Å². The van der Waals surface area contributed by atoms with Crippen molar-refractivity contribution in [3.05, 3.63) is 12.7 Å². The Hall–Kier alpha value is -1.41. The Morgan fingerprint density at radius 2 is 1.93 bits per heavy atom. The van der Waals surface area contributed by atoms with E-state index in [1.165, 1.54) is 12.8 Å². The van der Waals surface area contributed by atoms with E-state index < -0.39 is 0 Å². The molecule has 86 valence electrons. The summed E-state index contributed by atoms with van der Waals surface area (Å²) < 4.78 is 4.81. The monoisotopic (exact) mass is 214 g/mol. The van der Waals surface area contributed by atoms with Gasteiger partial charge < -0.3 is 4.74 Å². The molecule has 0 heterocycles. The average Bonchev–Trinajstić information content (AvgIpc) is 2.23. The normalized spacial score (nSPS) is 8.07. The number of hydrogen-bond donors (Lipinski definition) is 0. The van der Waals surface area contributed by atoms with Gasteiger partial charge in [0.2, 0.25) is 0 Å². The maximum Gasteiger partial charge on any atom is 0.373 e. The minimum Gasteiger partial charge on any atom is -0.461 e. The molecule has 0 radical (unpaired) electrons. The van der Waals surface area contributed by atoms with E-state index in [2.05, 4.69) is 13.5 Å². The Morgan fingerprint density at radius 1 is 1.33 bits per heavy atom. The van der Waals surface area contributed by atoms with Crippen molar-refractivity contribution in [2.75, 3.05) is 6.61 Å². The molecule has 0 aliphatic rings. The predicted octanol–water partition coefficient (Wildman–Crippen LogP) is 2.10. The number of esters is 1. The molecule has 0 aromatic heterocycles. The molecule has 0 saturated heterocycles. The maximum absolute atomic E-state index is 10.9. The first-order chi connectivity index (χ1) is 7.22. The first-order valence-electron chi connectivity index (χ1n) is 4.98. The molecule has 4 nitrogen and oxygen atoms in total. The number of hydrogen-bond acceptors (Lipinski definition) is 4. The van der Waals surface area contributed by atoms with Gasteiger partial charge in [0.1, 0.15) is 6.61 Å². The van der Waals surface area contributed by atoms with Crippen LogP contribution in [0.2, 0.25) is 0 Å². The van der Waals surface area contributed by atoms with Crippen LogP contribution in [0.3, 0.4) is 0 Å². The lowest BCUT2D eigenvalue weighted by molar-refractivity contribution is -0.191. The fourth-order valence-corrected chi connectivity index (χ4v) is 0.920. The predicted molar refractivity (Wildman–Crippen MR) is 54.9 cm³/mol. The quantitative estimate of drug-likeness (QED) is 0.370. The highest BCUT2D eigenvalue weighted by molar-refractivity contribution is 5.69. The Balaban J connectivity index is 0. The van der Waals surface area contributed by atoms with Gasteiger partial charge >= 0.3 is 12.1 Å². The lowest BCUT2D eigenvalue weighted by Gasteiger charge is -2.00. The maximum atomic E-state index is 10.9. The van der Waals surface area contributed by atoms with Crippen molar-refractivity contribution in [3.63, 3.8) is 0 Å². The van der Waals surface area contributed by atoms with E-state index in [0.717, 1.165) is 12.8 Å². The van der Waals surface area contributed by atoms with Gasteiger partial charge in [0.25, 0.3) is 0 Å². The second-order valence-electron chi connectivity index (χ2n) is 2.87. The van der Waals surface area contributed by atoms with Gasteiger partial charge in [-0.15, -0.1) is 0 Å². The Labute approximate surface area is 90.3 Å². The van der Waals surface area contributed by atoms with Gasteiger partial charge in [-0.05, 0) is 6.42 Å². The van der Waals surface area contributed by atoms with Gasteiger partial charge in [0, 0.05) is 6.42 Å². The van der Waals surface area contributed by atoms with E-state index >= 15 is 0 Å². The highest BCUT2D eigenvalue weighted by atomic mass is 16.5. The van der Waals surface area contributed by atoms with Crippen LogP contribution < -0.4 is 0 Å². The van der Waals surface area contributed by atoms with E-state index in [9.17, 15) is 4.79 Å². The van der Waals surface area contributed by atoms with Crippen LogP contribution in [0.25, 0.3) is 0 Å². The van der Waals surface area contributed by atoms with Gasteiger partial charge in [0.15, 0.2) is 0 Å². The minimum absolute atomic E-state index is 0.106. The van der Waals surface area contributed by atoms with Crippen molar-refractivity contribution in [2.45, 2.75) is 39.0 Å². The Morgan fingerprint density at radius 3 is 2.40 bits per heavy atom. The second-order valence-corrected chi connectivity index (χ2v) is 2.87. The summed E-state index contributed by atoms with van der Waals surface area (Å²) in [5.74, 6) is -0.106. The lowest BCUT2D eigenvalue weighted by Crippen LogP contribution is -2.03. The lowest BCUT2D eigenvalue weighted by atomic mass is 10.2. The fourth-order valence-electron chi connectivity index (χ4n) is 0.920. The van der Waals surface area contributed by atoms with Crippen LogP contribution in [-0.4, -0.2) is 18.7 Å². The van der Waals surface area contributed by atoms with Crippen molar-refractivity contribution in [1.82, 2.24) is 0 Å². The van der Waals surface area contributed by atoms with Crippen LogP contribution in [0, 0.1) is 0 Å². The van der Waals surface area contributed by atoms with E-state index in [0.29, 0.717) is 13.0 Å². The molecule has 0 amide bonds. The molecule has 4 heteroatoms. The van der Waals surface area contributed by atoms with Crippen LogP contribution >= 0.6 is 0 Å². The van der Waals surface area contributed by atoms with Crippen LogP contribution in [0.5, 0.6) is 0 Å². The summed E-state index contributed by atoms with van der Waals surface area (Å²) in [6, 6.07) is 0. The molecule has 0 atom stereocenters. The molecule has 0 N–H and O–H groups in total. The number of carbonyl (C=O) groups excluding carboxylic acids is 3. The van der Waals surface area contributed by atoms with E-state index in [1.807, 2.05) is 0 Å². The highest BCUT2D eigenvalue weighted by Gasteiger charge is 1.99. The van der Waals surface area contributed by atoms with E-state index in [1.54, 1.807) is 6.08 Å². The Kier molecular flexibility index (Phi) is 16.1. The average molecular weight is 214 g/mol. The van der Waals surface area contributed by atoms with Crippen molar-refractivity contribution >= 4 is 12.1 Å². The molecular weight excluding hydrogens is 196 g/mol. The van der Waals surface area contributed by atoms with Crippen LogP contribution in [0.4, 0.5) is 0 Å². The largest absolute Gasteiger partial charge is 0.461 e. The van der Waals surface area contributed by atoms with Crippen molar-refractivity contribution in [1.29, 1.82) is 0 Å². The van der Waals surface area contributed by atoms with Crippen molar-refractivity contribution in [2.24, 2.45) is 0 Å². The fraction of sp³-hybridized carbons (Fsp3) is 0.636. The topological polar surface area (TPSA) is 60.4 Å². The molecule has 0 fully saturated rings. The van der Waals surface area contributed by atoms with Gasteiger partial charge in [-0.25, -0.2) is 0 Å². The molecule has 0 spiro atoms. The summed E-state index contributed by atoms with van der Waals surface area (Å²) in [6.07, 6.45) is 6.86. The zero-order valence-corrected chi connectivity index (χ0v) is 9.16. The molecule has 0 rings (SSSR count). The first kappa shape index (κ1) is 16.0. The number of ether oxygens (including phenoxy) is 1. The summed E-state index contributed by atoms with van der Waals surface area (Å²) in [4.78, 5) is 27.1. The molecule has 0 saturated carbocycles. The number of unbranched alkanes of at least 4 members (excludes halogenated alkanes) is 3. The van der Waals surface area contributed by atoms with Crippen LogP contribution in [0.1, 0.15) is 39.0 Å². The number of carbonyl (C=O) groups is 1. The van der Waals surface area contributed by atoms with Crippen LogP contribution in [0.15, 0.2) is 12.7 Å². The molecule has 0 aromatic rings. The molecule has 0 aliphatic heterocycles. The molecule has 15 heavy (non-hydrogen) atoms. The molecule has 0 aliphatic carbocycles. The molecule has 0 aromatic carbocycles. The summed E-state index contributed by atoms with van der Waals surface area (Å²) in [6.45, 7) is 5.95. The summed E-state index contributed by atoms with van der Waals surface area (Å²) in [5, 5.41) is 0. The van der Waals surface area contributed by atoms with E-state index in [-0.39, 0.29) is 12.1 Å². The smallest absolute Gasteiger partial charge is 0.373 e. The third kappa shape index (κ3) is 19.1. The standard InChI is InChI=1S/C10H18O2.CO2/c1-3-5-6-7-8-10(11)12-9-4-2;2-1-3/h4H,2-3,5-9H2,1H3;. The third-order valence-electron chi connectivity index (χ3n) is 1.60. The highest BCUT2D eigenvalue weighted by Crippen LogP contribution is 2.03. The minimum atomic E-state index is -0.106. The van der Waals surface area contributed by atoms with E-state index in [4.69, 9.17) is 14.3 Å². The molecule has 0 unspecified atom stereocenters. The van der Waals surface area contributed by atoms with Gasteiger partial charge in [-0.1, -0.05) is 38.8 Å². The second kappa shape index (κ2) is 15.1. The van der Waals surface area contributed by atoms with Crippen molar-refractivity contribution < 1.29 is 19.1 Å². The summed E-state index contributed by atoms with van der Waals surface area (Å²) >= 11 is 0. The Bertz CT molecular complexity index is 193. The van der Waals surface area contributed by atoms with Crippen LogP contribution in [-0.2, 0) is 19.1 Å². The molecular formula is C11H18O4. The molecule has 0 bridgehead atoms. The zero-order chi connectivity index (χ0) is 11.9.